The highest BCUT2D eigenvalue weighted by Gasteiger charge is 2.28. The van der Waals surface area contributed by atoms with Crippen molar-refractivity contribution in [3.05, 3.63) is 23.8 Å². The maximum atomic E-state index is 11.6. The molecule has 0 spiro atoms. The van der Waals surface area contributed by atoms with Crippen LogP contribution in [0.15, 0.2) is 23.8 Å². The Hall–Kier alpha value is -1.42. The first-order chi connectivity index (χ1) is 9.04. The van der Waals surface area contributed by atoms with E-state index in [1.54, 1.807) is 6.08 Å². The third kappa shape index (κ3) is 5.39. The Bertz CT molecular complexity index is 382. The second-order valence-electron chi connectivity index (χ2n) is 4.97. The minimum absolute atomic E-state index is 0.0600. The van der Waals surface area contributed by atoms with Crippen molar-refractivity contribution in [3.63, 3.8) is 0 Å². The number of hydrogen-bond acceptors (Lipinski definition) is 3. The van der Waals surface area contributed by atoms with Crippen molar-refractivity contribution in [1.82, 2.24) is 0 Å². The molecule has 0 aromatic carbocycles. The van der Waals surface area contributed by atoms with E-state index in [4.69, 9.17) is 5.11 Å². The Morgan fingerprint density at radius 3 is 2.79 bits per heavy atom. The van der Waals surface area contributed by atoms with Crippen LogP contribution < -0.4 is 0 Å². The Labute approximate surface area is 113 Å². The number of carboxylic acids is 1. The van der Waals surface area contributed by atoms with Crippen LogP contribution in [0.4, 0.5) is 0 Å². The van der Waals surface area contributed by atoms with Gasteiger partial charge in [0.1, 0.15) is 0 Å². The maximum absolute atomic E-state index is 11.6. The van der Waals surface area contributed by atoms with Crippen molar-refractivity contribution in [1.29, 1.82) is 0 Å². The summed E-state index contributed by atoms with van der Waals surface area (Å²) >= 11 is 0. The Balaban J connectivity index is 2.50. The van der Waals surface area contributed by atoms with Crippen LogP contribution in [0.3, 0.4) is 0 Å². The van der Waals surface area contributed by atoms with E-state index in [9.17, 15) is 14.7 Å². The van der Waals surface area contributed by atoms with Gasteiger partial charge < -0.3 is 10.2 Å². The predicted molar refractivity (Wildman–Crippen MR) is 72.7 cm³/mol. The molecule has 2 atom stereocenters. The summed E-state index contributed by atoms with van der Waals surface area (Å²) in [5.41, 5.74) is 0.763. The van der Waals surface area contributed by atoms with E-state index in [0.29, 0.717) is 12.8 Å². The zero-order valence-electron chi connectivity index (χ0n) is 11.3. The second-order valence-corrected chi connectivity index (χ2v) is 4.97. The lowest BCUT2D eigenvalue weighted by Gasteiger charge is -2.14. The molecule has 0 aliphatic heterocycles. The predicted octanol–water partition coefficient (Wildman–Crippen LogP) is 2.47. The fraction of sp³-hybridized carbons (Fsp3) is 0.600. The molecule has 0 fully saturated rings. The van der Waals surface area contributed by atoms with Crippen molar-refractivity contribution in [2.75, 3.05) is 0 Å². The van der Waals surface area contributed by atoms with Crippen molar-refractivity contribution in [2.24, 2.45) is 5.92 Å². The van der Waals surface area contributed by atoms with Crippen molar-refractivity contribution in [3.8, 4) is 0 Å². The molecule has 0 aromatic rings. The summed E-state index contributed by atoms with van der Waals surface area (Å²) in [5.74, 6) is -1.26. The van der Waals surface area contributed by atoms with Crippen LogP contribution in [-0.2, 0) is 9.59 Å². The average Bonchev–Trinajstić information content (AvgIpc) is 2.68. The minimum Gasteiger partial charge on any atom is -0.481 e. The molecule has 0 amide bonds. The van der Waals surface area contributed by atoms with Crippen molar-refractivity contribution >= 4 is 11.8 Å². The van der Waals surface area contributed by atoms with Crippen LogP contribution in [0, 0.1) is 5.92 Å². The van der Waals surface area contributed by atoms with Crippen LogP contribution >= 0.6 is 0 Å². The molecule has 4 nitrogen and oxygen atoms in total. The van der Waals surface area contributed by atoms with Gasteiger partial charge in [-0.05, 0) is 24.5 Å². The van der Waals surface area contributed by atoms with Gasteiger partial charge >= 0.3 is 5.97 Å². The molecule has 106 valence electrons. The van der Waals surface area contributed by atoms with Gasteiger partial charge in [0.2, 0.25) is 0 Å². The number of aliphatic carboxylic acids is 1. The van der Waals surface area contributed by atoms with E-state index >= 15 is 0 Å². The number of hydrogen-bond donors (Lipinski definition) is 2. The van der Waals surface area contributed by atoms with E-state index in [2.05, 4.69) is 6.92 Å². The summed E-state index contributed by atoms with van der Waals surface area (Å²) in [6, 6.07) is 0. The summed E-state index contributed by atoms with van der Waals surface area (Å²) in [7, 11) is 0. The van der Waals surface area contributed by atoms with Crippen molar-refractivity contribution in [2.45, 2.75) is 51.6 Å². The molecule has 0 heterocycles. The first-order valence-electron chi connectivity index (χ1n) is 6.85. The molecule has 0 saturated carbocycles. The Kier molecular flexibility index (Phi) is 6.50. The Morgan fingerprint density at radius 1 is 1.42 bits per heavy atom. The van der Waals surface area contributed by atoms with Gasteiger partial charge in [0.25, 0.3) is 0 Å². The van der Waals surface area contributed by atoms with E-state index in [-0.39, 0.29) is 12.2 Å². The van der Waals surface area contributed by atoms with E-state index < -0.39 is 18.0 Å². The van der Waals surface area contributed by atoms with Gasteiger partial charge in [-0.3, -0.25) is 9.59 Å². The molecular formula is C15H22O4. The van der Waals surface area contributed by atoms with E-state index in [0.717, 1.165) is 24.8 Å². The second kappa shape index (κ2) is 7.89. The molecule has 0 aromatic heterocycles. The van der Waals surface area contributed by atoms with Gasteiger partial charge in [0.15, 0.2) is 5.78 Å². The number of carbonyl (C=O) groups is 2. The number of carboxylic acid groups (broad SMARTS) is 1. The number of unbranched alkanes of at least 4 members (excludes halogenated alkanes) is 2. The number of allylic oxidation sites excluding steroid dienone is 2. The van der Waals surface area contributed by atoms with Crippen LogP contribution in [0.25, 0.3) is 0 Å². The van der Waals surface area contributed by atoms with Gasteiger partial charge in [-0.15, -0.1) is 0 Å². The summed E-state index contributed by atoms with van der Waals surface area (Å²) in [6.45, 7) is 2.08. The molecule has 1 rings (SSSR count). The lowest BCUT2D eigenvalue weighted by Crippen LogP contribution is -2.19. The Morgan fingerprint density at radius 2 is 2.16 bits per heavy atom. The number of rotatable bonds is 8. The lowest BCUT2D eigenvalue weighted by molar-refractivity contribution is -0.138. The summed E-state index contributed by atoms with van der Waals surface area (Å²) in [5, 5.41) is 18.5. The van der Waals surface area contributed by atoms with Gasteiger partial charge in [-0.2, -0.15) is 0 Å². The smallest absolute Gasteiger partial charge is 0.304 e. The monoisotopic (exact) mass is 266 g/mol. The van der Waals surface area contributed by atoms with Gasteiger partial charge in [0.05, 0.1) is 12.5 Å². The van der Waals surface area contributed by atoms with Gasteiger partial charge in [-0.25, -0.2) is 0 Å². The summed E-state index contributed by atoms with van der Waals surface area (Å²) in [4.78, 5) is 22.3. The molecule has 2 N–H and O–H groups in total. The highest BCUT2D eigenvalue weighted by molar-refractivity contribution is 5.90. The van der Waals surface area contributed by atoms with Crippen LogP contribution in [0.5, 0.6) is 0 Å². The van der Waals surface area contributed by atoms with E-state index in [1.807, 2.05) is 6.08 Å². The molecule has 1 aliphatic carbocycles. The molecule has 2 unspecified atom stereocenters. The first kappa shape index (κ1) is 15.6. The first-order valence-corrected chi connectivity index (χ1v) is 6.85. The highest BCUT2D eigenvalue weighted by Crippen LogP contribution is 2.30. The lowest BCUT2D eigenvalue weighted by atomic mass is 9.95. The third-order valence-corrected chi connectivity index (χ3v) is 3.37. The molecule has 0 radical (unpaired) electrons. The average molecular weight is 266 g/mol. The normalized spacial score (nSPS) is 22.7. The molecule has 0 saturated heterocycles. The van der Waals surface area contributed by atoms with E-state index in [1.165, 1.54) is 6.08 Å². The zero-order valence-corrected chi connectivity index (χ0v) is 11.3. The number of aliphatic hydroxyl groups excluding tert-OH is 1. The largest absolute Gasteiger partial charge is 0.481 e. The number of carbonyl (C=O) groups excluding carboxylic acids is 1. The fourth-order valence-electron chi connectivity index (χ4n) is 2.25. The SMILES string of the molecule is CCCCCC(=O)C=CC1=CCC(O)C1CC(=O)O. The topological polar surface area (TPSA) is 74.6 Å². The summed E-state index contributed by atoms with van der Waals surface area (Å²) < 4.78 is 0. The molecule has 0 bridgehead atoms. The fourth-order valence-corrected chi connectivity index (χ4v) is 2.25. The number of ketones is 1. The zero-order chi connectivity index (χ0) is 14.3. The maximum Gasteiger partial charge on any atom is 0.304 e. The van der Waals surface area contributed by atoms with Crippen LogP contribution in [-0.4, -0.2) is 28.1 Å². The highest BCUT2D eigenvalue weighted by atomic mass is 16.4. The number of aliphatic hydroxyl groups is 1. The third-order valence-electron chi connectivity index (χ3n) is 3.37. The quantitative estimate of drug-likeness (QED) is 0.523. The molecule has 1 aliphatic rings. The minimum atomic E-state index is -0.931. The molecule has 19 heavy (non-hydrogen) atoms. The van der Waals surface area contributed by atoms with Gasteiger partial charge in [-0.1, -0.05) is 31.9 Å². The molecule has 4 heteroatoms. The van der Waals surface area contributed by atoms with Crippen LogP contribution in [0.1, 0.15) is 45.4 Å². The summed E-state index contributed by atoms with van der Waals surface area (Å²) in [6.07, 6.45) is 8.25. The van der Waals surface area contributed by atoms with Crippen molar-refractivity contribution < 1.29 is 19.8 Å². The van der Waals surface area contributed by atoms with Gasteiger partial charge in [0, 0.05) is 12.3 Å². The standard InChI is InChI=1S/C15H22O4/c1-2-3-4-5-12(16)8-6-11-7-9-14(17)13(11)10-15(18)19/h6-8,13-14,17H,2-5,9-10H2,1H3,(H,18,19). The van der Waals surface area contributed by atoms with Crippen LogP contribution in [0.2, 0.25) is 0 Å². The molecular weight excluding hydrogens is 244 g/mol.